The SMILES string of the molecule is CSc1ccnn2ccnc12. The van der Waals surface area contributed by atoms with Gasteiger partial charge in [0.2, 0.25) is 0 Å². The lowest BCUT2D eigenvalue weighted by Crippen LogP contribution is -1.89. The maximum atomic E-state index is 4.17. The zero-order valence-corrected chi connectivity index (χ0v) is 6.88. The summed E-state index contributed by atoms with van der Waals surface area (Å²) < 4.78 is 1.77. The zero-order chi connectivity index (χ0) is 7.68. The molecule has 3 nitrogen and oxygen atoms in total. The molecular weight excluding hydrogens is 158 g/mol. The topological polar surface area (TPSA) is 30.2 Å². The molecule has 0 saturated carbocycles. The first-order chi connectivity index (χ1) is 5.42. The molecule has 2 aromatic rings. The summed E-state index contributed by atoms with van der Waals surface area (Å²) in [4.78, 5) is 5.33. The monoisotopic (exact) mass is 165 g/mol. The maximum absolute atomic E-state index is 4.17. The summed E-state index contributed by atoms with van der Waals surface area (Å²) >= 11 is 1.68. The van der Waals surface area contributed by atoms with Crippen molar-refractivity contribution in [2.75, 3.05) is 6.26 Å². The average molecular weight is 165 g/mol. The van der Waals surface area contributed by atoms with E-state index in [2.05, 4.69) is 10.1 Å². The van der Waals surface area contributed by atoms with Crippen LogP contribution in [-0.2, 0) is 0 Å². The van der Waals surface area contributed by atoms with Crippen LogP contribution in [0.4, 0.5) is 0 Å². The van der Waals surface area contributed by atoms with Crippen LogP contribution in [0.1, 0.15) is 0 Å². The fourth-order valence-electron chi connectivity index (χ4n) is 0.973. The average Bonchev–Trinajstić information content (AvgIpc) is 2.50. The van der Waals surface area contributed by atoms with E-state index in [1.54, 1.807) is 28.7 Å². The number of aromatic nitrogens is 3. The normalized spacial score (nSPS) is 10.6. The van der Waals surface area contributed by atoms with Gasteiger partial charge < -0.3 is 0 Å². The van der Waals surface area contributed by atoms with Gasteiger partial charge in [0.15, 0.2) is 5.65 Å². The van der Waals surface area contributed by atoms with Crippen LogP contribution in [0.3, 0.4) is 0 Å². The van der Waals surface area contributed by atoms with E-state index in [0.717, 1.165) is 10.5 Å². The van der Waals surface area contributed by atoms with E-state index in [-0.39, 0.29) is 0 Å². The first-order valence-electron chi connectivity index (χ1n) is 3.24. The molecule has 0 bridgehead atoms. The van der Waals surface area contributed by atoms with Crippen molar-refractivity contribution in [1.29, 1.82) is 0 Å². The Morgan fingerprint density at radius 2 is 2.36 bits per heavy atom. The molecule has 2 rings (SSSR count). The first-order valence-corrected chi connectivity index (χ1v) is 4.46. The third kappa shape index (κ3) is 0.991. The molecule has 0 amide bonds. The van der Waals surface area contributed by atoms with Gasteiger partial charge in [0.25, 0.3) is 0 Å². The highest BCUT2D eigenvalue weighted by Crippen LogP contribution is 2.17. The smallest absolute Gasteiger partial charge is 0.167 e. The second-order valence-electron chi connectivity index (χ2n) is 2.10. The van der Waals surface area contributed by atoms with Crippen molar-refractivity contribution in [3.63, 3.8) is 0 Å². The predicted octanol–water partition coefficient (Wildman–Crippen LogP) is 1.45. The highest BCUT2D eigenvalue weighted by Gasteiger charge is 1.99. The molecule has 0 spiro atoms. The molecule has 4 heteroatoms. The third-order valence-electron chi connectivity index (χ3n) is 1.48. The van der Waals surface area contributed by atoms with Crippen LogP contribution in [-0.4, -0.2) is 20.9 Å². The number of thioether (sulfide) groups is 1. The van der Waals surface area contributed by atoms with Gasteiger partial charge in [-0.3, -0.25) is 0 Å². The summed E-state index contributed by atoms with van der Waals surface area (Å²) in [7, 11) is 0. The minimum absolute atomic E-state index is 0.931. The molecular formula is C7H7N3S. The van der Waals surface area contributed by atoms with Crippen molar-refractivity contribution in [3.05, 3.63) is 24.7 Å². The first kappa shape index (κ1) is 6.67. The summed E-state index contributed by atoms with van der Waals surface area (Å²) in [5, 5.41) is 4.09. The van der Waals surface area contributed by atoms with Crippen molar-refractivity contribution in [3.8, 4) is 0 Å². The molecule has 2 aromatic heterocycles. The van der Waals surface area contributed by atoms with Gasteiger partial charge in [-0.1, -0.05) is 0 Å². The van der Waals surface area contributed by atoms with Crippen LogP contribution in [0.2, 0.25) is 0 Å². The zero-order valence-electron chi connectivity index (χ0n) is 6.06. The lowest BCUT2D eigenvalue weighted by Gasteiger charge is -1.96. The Hall–Kier alpha value is -1.03. The van der Waals surface area contributed by atoms with E-state index in [9.17, 15) is 0 Å². The van der Waals surface area contributed by atoms with E-state index < -0.39 is 0 Å². The number of fused-ring (bicyclic) bond motifs is 1. The number of hydrogen-bond donors (Lipinski definition) is 0. The van der Waals surface area contributed by atoms with Gasteiger partial charge in [-0.2, -0.15) is 5.10 Å². The molecule has 2 heterocycles. The van der Waals surface area contributed by atoms with Gasteiger partial charge in [0.1, 0.15) is 0 Å². The Bertz CT molecular complexity index is 368. The maximum Gasteiger partial charge on any atom is 0.167 e. The summed E-state index contributed by atoms with van der Waals surface area (Å²) in [5.41, 5.74) is 0.931. The van der Waals surface area contributed by atoms with Gasteiger partial charge in [0.05, 0.1) is 4.90 Å². The van der Waals surface area contributed by atoms with Gasteiger partial charge in [0, 0.05) is 18.6 Å². The summed E-state index contributed by atoms with van der Waals surface area (Å²) in [6.45, 7) is 0. The Balaban J connectivity index is 2.79. The van der Waals surface area contributed by atoms with Crippen molar-refractivity contribution in [2.45, 2.75) is 4.90 Å². The van der Waals surface area contributed by atoms with E-state index in [1.165, 1.54) is 0 Å². The predicted molar refractivity (Wildman–Crippen MR) is 44.8 cm³/mol. The van der Waals surface area contributed by atoms with Crippen LogP contribution in [0.5, 0.6) is 0 Å². The van der Waals surface area contributed by atoms with E-state index in [1.807, 2.05) is 18.5 Å². The lowest BCUT2D eigenvalue weighted by atomic mass is 10.5. The van der Waals surface area contributed by atoms with Crippen molar-refractivity contribution >= 4 is 17.4 Å². The lowest BCUT2D eigenvalue weighted by molar-refractivity contribution is 0.917. The van der Waals surface area contributed by atoms with Gasteiger partial charge in [-0.05, 0) is 12.3 Å². The molecule has 0 aliphatic carbocycles. The van der Waals surface area contributed by atoms with Crippen LogP contribution in [0.15, 0.2) is 29.6 Å². The number of nitrogens with zero attached hydrogens (tertiary/aromatic N) is 3. The number of imidazole rings is 1. The Labute approximate surface area is 68.4 Å². The molecule has 0 aromatic carbocycles. The largest absolute Gasteiger partial charge is 0.235 e. The van der Waals surface area contributed by atoms with Crippen LogP contribution in [0, 0.1) is 0 Å². The van der Waals surface area contributed by atoms with E-state index in [4.69, 9.17) is 0 Å². The Morgan fingerprint density at radius 1 is 1.45 bits per heavy atom. The molecule has 0 N–H and O–H groups in total. The van der Waals surface area contributed by atoms with Gasteiger partial charge in [-0.25, -0.2) is 9.50 Å². The fraction of sp³-hybridized carbons (Fsp3) is 0.143. The fourth-order valence-corrected chi connectivity index (χ4v) is 1.50. The van der Waals surface area contributed by atoms with Crippen molar-refractivity contribution in [2.24, 2.45) is 0 Å². The van der Waals surface area contributed by atoms with Crippen molar-refractivity contribution in [1.82, 2.24) is 14.6 Å². The number of rotatable bonds is 1. The van der Waals surface area contributed by atoms with E-state index in [0.29, 0.717) is 0 Å². The molecule has 0 atom stereocenters. The quantitative estimate of drug-likeness (QED) is 0.599. The second-order valence-corrected chi connectivity index (χ2v) is 2.94. The third-order valence-corrected chi connectivity index (χ3v) is 2.24. The minimum Gasteiger partial charge on any atom is -0.235 e. The second kappa shape index (κ2) is 2.54. The Morgan fingerprint density at radius 3 is 3.18 bits per heavy atom. The number of hydrogen-bond acceptors (Lipinski definition) is 3. The van der Waals surface area contributed by atoms with Gasteiger partial charge in [-0.15, -0.1) is 11.8 Å². The van der Waals surface area contributed by atoms with Crippen LogP contribution in [0.25, 0.3) is 5.65 Å². The molecule has 56 valence electrons. The highest BCUT2D eigenvalue weighted by atomic mass is 32.2. The summed E-state index contributed by atoms with van der Waals surface area (Å²) in [6, 6.07) is 1.97. The summed E-state index contributed by atoms with van der Waals surface area (Å²) in [5.74, 6) is 0. The minimum atomic E-state index is 0.931. The van der Waals surface area contributed by atoms with Gasteiger partial charge >= 0.3 is 0 Å². The summed E-state index contributed by atoms with van der Waals surface area (Å²) in [6.07, 6.45) is 7.40. The molecule has 11 heavy (non-hydrogen) atoms. The van der Waals surface area contributed by atoms with E-state index >= 15 is 0 Å². The molecule has 0 aliphatic rings. The van der Waals surface area contributed by atoms with Crippen molar-refractivity contribution < 1.29 is 0 Å². The standard InChI is InChI=1S/C7H7N3S/c1-11-6-2-3-9-10-5-4-8-7(6)10/h2-5H,1H3. The van der Waals surface area contributed by atoms with Crippen LogP contribution >= 0.6 is 11.8 Å². The molecule has 0 saturated heterocycles. The highest BCUT2D eigenvalue weighted by molar-refractivity contribution is 7.98. The molecule has 0 fully saturated rings. The molecule has 0 radical (unpaired) electrons. The Kier molecular flexibility index (Phi) is 1.54. The molecule has 0 aliphatic heterocycles. The molecule has 0 unspecified atom stereocenters. The van der Waals surface area contributed by atoms with Crippen LogP contribution < -0.4 is 0 Å².